The van der Waals surface area contributed by atoms with Crippen LogP contribution in [0.2, 0.25) is 0 Å². The molecule has 0 bridgehead atoms. The van der Waals surface area contributed by atoms with E-state index >= 15 is 0 Å². The number of alkyl halides is 2. The molecule has 27 heavy (non-hydrogen) atoms. The second kappa shape index (κ2) is 9.25. The van der Waals surface area contributed by atoms with Crippen molar-refractivity contribution in [2.24, 2.45) is 0 Å². The largest absolute Gasteiger partial charge is 0.453 e. The molecule has 0 fully saturated rings. The third-order valence-corrected chi connectivity index (χ3v) is 3.46. The maximum atomic E-state index is 12.1. The van der Waals surface area contributed by atoms with Crippen molar-refractivity contribution >= 4 is 17.8 Å². The van der Waals surface area contributed by atoms with Gasteiger partial charge in [-0.3, -0.25) is 4.79 Å². The van der Waals surface area contributed by atoms with E-state index in [1.54, 1.807) is 18.2 Å². The van der Waals surface area contributed by atoms with Gasteiger partial charge in [0.2, 0.25) is 0 Å². The van der Waals surface area contributed by atoms with E-state index in [9.17, 15) is 18.4 Å². The molecule has 0 saturated heterocycles. The molecule has 0 N–H and O–H groups in total. The van der Waals surface area contributed by atoms with E-state index in [0.717, 1.165) is 5.56 Å². The Bertz CT molecular complexity index is 882. The van der Waals surface area contributed by atoms with Crippen molar-refractivity contribution in [1.82, 2.24) is 0 Å². The second-order valence-corrected chi connectivity index (χ2v) is 5.48. The first-order chi connectivity index (χ1) is 12.9. The van der Waals surface area contributed by atoms with Gasteiger partial charge in [0.25, 0.3) is 0 Å². The molecule has 0 aliphatic rings. The van der Waals surface area contributed by atoms with Crippen LogP contribution in [0.5, 0.6) is 5.75 Å². The van der Waals surface area contributed by atoms with Gasteiger partial charge >= 0.3 is 12.6 Å². The third kappa shape index (κ3) is 6.04. The van der Waals surface area contributed by atoms with Gasteiger partial charge in [0.1, 0.15) is 17.4 Å². The number of nitrogens with zero attached hydrogens (tertiary/aromatic N) is 1. The summed E-state index contributed by atoms with van der Waals surface area (Å²) in [5.41, 5.74) is 1.59. The van der Waals surface area contributed by atoms with E-state index in [-0.39, 0.29) is 16.9 Å². The van der Waals surface area contributed by atoms with E-state index in [1.807, 2.05) is 19.1 Å². The highest BCUT2D eigenvalue weighted by Crippen LogP contribution is 2.15. The summed E-state index contributed by atoms with van der Waals surface area (Å²) in [4.78, 5) is 24.0. The molecule has 0 aromatic heterocycles. The number of aryl methyl sites for hydroxylation is 1. The highest BCUT2D eigenvalue weighted by atomic mass is 19.3. The van der Waals surface area contributed by atoms with Crippen LogP contribution in [0.4, 0.5) is 8.78 Å². The van der Waals surface area contributed by atoms with Crippen molar-refractivity contribution in [2.45, 2.75) is 13.5 Å². The Balaban J connectivity index is 1.97. The summed E-state index contributed by atoms with van der Waals surface area (Å²) >= 11 is 0. The van der Waals surface area contributed by atoms with E-state index in [1.165, 1.54) is 30.3 Å². The van der Waals surface area contributed by atoms with Gasteiger partial charge in [0.15, 0.2) is 12.4 Å². The van der Waals surface area contributed by atoms with Crippen LogP contribution in [0.25, 0.3) is 6.08 Å². The van der Waals surface area contributed by atoms with Crippen LogP contribution in [0.15, 0.2) is 54.1 Å². The minimum Gasteiger partial charge on any atom is -0.453 e. The van der Waals surface area contributed by atoms with Gasteiger partial charge in [-0.25, -0.2) is 4.79 Å². The quantitative estimate of drug-likeness (QED) is 0.319. The first kappa shape index (κ1) is 19.8. The van der Waals surface area contributed by atoms with Gasteiger partial charge in [-0.2, -0.15) is 14.0 Å². The molecule has 0 amide bonds. The number of hydrogen-bond donors (Lipinski definition) is 0. The van der Waals surface area contributed by atoms with Crippen molar-refractivity contribution in [3.8, 4) is 11.8 Å². The number of nitriles is 1. The Morgan fingerprint density at radius 1 is 1.11 bits per heavy atom. The lowest BCUT2D eigenvalue weighted by atomic mass is 10.1. The molecule has 0 spiro atoms. The van der Waals surface area contributed by atoms with E-state index < -0.39 is 25.0 Å². The Morgan fingerprint density at radius 2 is 1.74 bits per heavy atom. The summed E-state index contributed by atoms with van der Waals surface area (Å²) in [5, 5.41) is 9.12. The van der Waals surface area contributed by atoms with E-state index in [0.29, 0.717) is 5.56 Å². The molecule has 2 aromatic carbocycles. The molecule has 0 aliphatic carbocycles. The van der Waals surface area contributed by atoms with Crippen molar-refractivity contribution < 1.29 is 27.8 Å². The zero-order valence-corrected chi connectivity index (χ0v) is 14.3. The number of benzene rings is 2. The van der Waals surface area contributed by atoms with Gasteiger partial charge in [0.05, 0.1) is 0 Å². The van der Waals surface area contributed by atoms with Crippen molar-refractivity contribution in [1.29, 1.82) is 5.26 Å². The van der Waals surface area contributed by atoms with E-state index in [2.05, 4.69) is 4.74 Å². The monoisotopic (exact) mass is 371 g/mol. The predicted octanol–water partition coefficient (Wildman–Crippen LogP) is 3.93. The molecule has 0 atom stereocenters. The smallest absolute Gasteiger partial charge is 0.387 e. The number of ketones is 1. The first-order valence-corrected chi connectivity index (χ1v) is 7.82. The fourth-order valence-electron chi connectivity index (χ4n) is 2.08. The van der Waals surface area contributed by atoms with E-state index in [4.69, 9.17) is 10.00 Å². The molecular weight excluding hydrogens is 356 g/mol. The number of Topliss-reactive ketones (excluding diaryl/α,β-unsaturated/α-hetero) is 1. The van der Waals surface area contributed by atoms with Crippen LogP contribution in [0.1, 0.15) is 21.5 Å². The van der Waals surface area contributed by atoms with Crippen LogP contribution in [0, 0.1) is 18.3 Å². The molecule has 7 heteroatoms. The number of halogens is 2. The molecule has 0 saturated carbocycles. The number of carbonyl (C=O) groups excluding carboxylic acids is 2. The normalized spacial score (nSPS) is 11.0. The molecule has 0 heterocycles. The van der Waals surface area contributed by atoms with Crippen molar-refractivity contribution in [3.05, 3.63) is 70.8 Å². The van der Waals surface area contributed by atoms with Crippen LogP contribution in [-0.2, 0) is 9.53 Å². The Kier molecular flexibility index (Phi) is 6.78. The van der Waals surface area contributed by atoms with Crippen LogP contribution in [0.3, 0.4) is 0 Å². The number of esters is 1. The SMILES string of the molecule is Cc1ccc(/C=C(\C#N)C(=O)OCC(=O)c2ccc(OC(F)F)cc2)cc1. The zero-order valence-electron chi connectivity index (χ0n) is 14.3. The van der Waals surface area contributed by atoms with Crippen LogP contribution < -0.4 is 4.74 Å². The Morgan fingerprint density at radius 3 is 2.30 bits per heavy atom. The highest BCUT2D eigenvalue weighted by molar-refractivity contribution is 6.01. The number of hydrogen-bond acceptors (Lipinski definition) is 5. The lowest BCUT2D eigenvalue weighted by molar-refractivity contribution is -0.137. The molecular formula is C20H15F2NO4. The zero-order chi connectivity index (χ0) is 19.8. The molecule has 2 aromatic rings. The standard InChI is InChI=1S/C20H15F2NO4/c1-13-2-4-14(5-3-13)10-16(11-23)19(25)26-12-18(24)15-6-8-17(9-7-15)27-20(21)22/h2-10,20H,12H2,1H3/b16-10+. The number of rotatable bonds is 7. The van der Waals surface area contributed by atoms with Crippen LogP contribution in [-0.4, -0.2) is 25.0 Å². The van der Waals surface area contributed by atoms with Gasteiger partial charge in [0, 0.05) is 5.56 Å². The summed E-state index contributed by atoms with van der Waals surface area (Å²) in [6.45, 7) is -1.64. The number of carbonyl (C=O) groups is 2. The molecule has 138 valence electrons. The topological polar surface area (TPSA) is 76.4 Å². The van der Waals surface area contributed by atoms with Crippen LogP contribution >= 0.6 is 0 Å². The van der Waals surface area contributed by atoms with Gasteiger partial charge in [-0.15, -0.1) is 0 Å². The summed E-state index contributed by atoms with van der Waals surface area (Å²) in [7, 11) is 0. The van der Waals surface area contributed by atoms with Gasteiger partial charge in [-0.05, 0) is 42.8 Å². The predicted molar refractivity (Wildman–Crippen MR) is 93.1 cm³/mol. The van der Waals surface area contributed by atoms with Crippen molar-refractivity contribution in [3.63, 3.8) is 0 Å². The molecule has 0 aliphatic heterocycles. The minimum absolute atomic E-state index is 0.0913. The number of ether oxygens (including phenoxy) is 2. The Labute approximate surface area is 154 Å². The average molecular weight is 371 g/mol. The van der Waals surface area contributed by atoms with Gasteiger partial charge in [-0.1, -0.05) is 29.8 Å². The molecule has 2 rings (SSSR count). The lowest BCUT2D eigenvalue weighted by Gasteiger charge is -2.06. The second-order valence-electron chi connectivity index (χ2n) is 5.48. The highest BCUT2D eigenvalue weighted by Gasteiger charge is 2.15. The fraction of sp³-hybridized carbons (Fsp3) is 0.150. The molecule has 0 unspecified atom stereocenters. The summed E-state index contributed by atoms with van der Waals surface area (Å²) in [5.74, 6) is -1.56. The third-order valence-electron chi connectivity index (χ3n) is 3.46. The summed E-state index contributed by atoms with van der Waals surface area (Å²) in [6.07, 6.45) is 1.36. The molecule has 5 nitrogen and oxygen atoms in total. The average Bonchev–Trinajstić information content (AvgIpc) is 2.65. The summed E-state index contributed by atoms with van der Waals surface area (Å²) in [6, 6.07) is 13.9. The maximum absolute atomic E-state index is 12.1. The minimum atomic E-state index is -2.96. The fourth-order valence-corrected chi connectivity index (χ4v) is 2.08. The maximum Gasteiger partial charge on any atom is 0.387 e. The molecule has 0 radical (unpaired) electrons. The first-order valence-electron chi connectivity index (χ1n) is 7.82. The lowest BCUT2D eigenvalue weighted by Crippen LogP contribution is -2.15. The summed E-state index contributed by atoms with van der Waals surface area (Å²) < 4.78 is 33.2. The van der Waals surface area contributed by atoms with Gasteiger partial charge < -0.3 is 9.47 Å². The van der Waals surface area contributed by atoms with Crippen molar-refractivity contribution in [2.75, 3.05) is 6.61 Å². The Hall–Kier alpha value is -3.53.